The molecule has 0 bridgehead atoms. The van der Waals surface area contributed by atoms with Gasteiger partial charge in [-0.3, -0.25) is 9.59 Å². The van der Waals surface area contributed by atoms with Crippen molar-refractivity contribution in [1.29, 1.82) is 0 Å². The number of ether oxygens (including phenoxy) is 1. The van der Waals surface area contributed by atoms with Crippen molar-refractivity contribution in [2.75, 3.05) is 25.1 Å². The summed E-state index contributed by atoms with van der Waals surface area (Å²) >= 11 is 0. The van der Waals surface area contributed by atoms with E-state index >= 15 is 0 Å². The highest BCUT2D eigenvalue weighted by Gasteiger charge is 2.18. The maximum atomic E-state index is 12.1. The zero-order chi connectivity index (χ0) is 19.6. The van der Waals surface area contributed by atoms with Crippen molar-refractivity contribution >= 4 is 17.5 Å². The topological polar surface area (TPSA) is 87.7 Å². The van der Waals surface area contributed by atoms with Crippen LogP contribution in [0.1, 0.15) is 29.7 Å². The van der Waals surface area contributed by atoms with Gasteiger partial charge < -0.3 is 20.5 Å². The minimum Gasteiger partial charge on any atom is -0.394 e. The van der Waals surface area contributed by atoms with Gasteiger partial charge in [-0.15, -0.1) is 0 Å². The second-order valence-electron chi connectivity index (χ2n) is 6.21. The number of rotatable bonds is 8. The van der Waals surface area contributed by atoms with E-state index in [-0.39, 0.29) is 19.8 Å². The average Bonchev–Trinajstić information content (AvgIpc) is 2.69. The first-order valence-electron chi connectivity index (χ1n) is 9.00. The Bertz CT molecular complexity index is 742. The first-order chi connectivity index (χ1) is 13.0. The Morgan fingerprint density at radius 1 is 1.04 bits per heavy atom. The number of nitrogens with one attached hydrogen (secondary N) is 2. The Morgan fingerprint density at radius 2 is 1.70 bits per heavy atom. The van der Waals surface area contributed by atoms with Crippen LogP contribution < -0.4 is 10.6 Å². The molecule has 0 spiro atoms. The summed E-state index contributed by atoms with van der Waals surface area (Å²) in [6.07, 6.45) is 0.460. The molecule has 144 valence electrons. The molecule has 0 saturated carbocycles. The minimum atomic E-state index is -0.737. The summed E-state index contributed by atoms with van der Waals surface area (Å²) in [7, 11) is 0. The van der Waals surface area contributed by atoms with Crippen LogP contribution in [0.3, 0.4) is 0 Å². The van der Waals surface area contributed by atoms with Crippen LogP contribution in [0.5, 0.6) is 0 Å². The number of benzene rings is 2. The number of amides is 2. The molecule has 2 aromatic rings. The lowest BCUT2D eigenvalue weighted by atomic mass is 10.1. The van der Waals surface area contributed by atoms with Crippen LogP contribution >= 0.6 is 0 Å². The van der Waals surface area contributed by atoms with Gasteiger partial charge in [-0.25, -0.2) is 0 Å². The molecule has 0 fully saturated rings. The lowest BCUT2D eigenvalue weighted by molar-refractivity contribution is -0.136. The van der Waals surface area contributed by atoms with Gasteiger partial charge in [0, 0.05) is 12.2 Å². The number of aryl methyl sites for hydroxylation is 2. The van der Waals surface area contributed by atoms with Crippen LogP contribution in [-0.2, 0) is 20.7 Å². The fourth-order valence-corrected chi connectivity index (χ4v) is 2.53. The first-order valence-corrected chi connectivity index (χ1v) is 9.00. The third kappa shape index (κ3) is 6.51. The van der Waals surface area contributed by atoms with E-state index in [1.165, 1.54) is 0 Å². The van der Waals surface area contributed by atoms with Crippen molar-refractivity contribution < 1.29 is 19.4 Å². The van der Waals surface area contributed by atoms with E-state index in [0.717, 1.165) is 23.1 Å². The summed E-state index contributed by atoms with van der Waals surface area (Å²) in [6.45, 7) is 4.18. The van der Waals surface area contributed by atoms with Crippen molar-refractivity contribution in [2.24, 2.45) is 0 Å². The summed E-state index contributed by atoms with van der Waals surface area (Å²) in [5.41, 5.74) is 3.69. The van der Waals surface area contributed by atoms with Crippen LogP contribution in [0.15, 0.2) is 48.5 Å². The number of hydrogen-bond donors (Lipinski definition) is 3. The highest BCUT2D eigenvalue weighted by atomic mass is 16.5. The molecule has 0 aliphatic carbocycles. The van der Waals surface area contributed by atoms with Crippen LogP contribution in [0.4, 0.5) is 5.69 Å². The molecular weight excluding hydrogens is 344 g/mol. The molecule has 2 amide bonds. The number of carbonyl (C=O) groups is 2. The number of anilines is 1. The predicted molar refractivity (Wildman–Crippen MR) is 104 cm³/mol. The predicted octanol–water partition coefficient (Wildman–Crippen LogP) is 2.36. The highest BCUT2D eigenvalue weighted by molar-refractivity contribution is 6.39. The van der Waals surface area contributed by atoms with Gasteiger partial charge in [0.05, 0.1) is 19.3 Å². The number of hydrogen-bond acceptors (Lipinski definition) is 4. The zero-order valence-corrected chi connectivity index (χ0v) is 15.7. The normalized spacial score (nSPS) is 11.7. The Hall–Kier alpha value is -2.70. The molecule has 3 N–H and O–H groups in total. The second-order valence-corrected chi connectivity index (χ2v) is 6.21. The fourth-order valence-electron chi connectivity index (χ4n) is 2.53. The molecular formula is C21H26N2O4. The van der Waals surface area contributed by atoms with Crippen molar-refractivity contribution in [3.63, 3.8) is 0 Å². The summed E-state index contributed by atoms with van der Waals surface area (Å²) in [6, 6.07) is 15.0. The van der Waals surface area contributed by atoms with E-state index in [9.17, 15) is 9.59 Å². The minimum absolute atomic E-state index is 0.120. The Morgan fingerprint density at radius 3 is 2.30 bits per heavy atom. The quantitative estimate of drug-likeness (QED) is 0.623. The van der Waals surface area contributed by atoms with Crippen molar-refractivity contribution in [1.82, 2.24) is 5.32 Å². The summed E-state index contributed by atoms with van der Waals surface area (Å²) in [4.78, 5) is 24.2. The number of aliphatic hydroxyl groups is 1. The molecule has 0 saturated heterocycles. The first kappa shape index (κ1) is 20.6. The Balaban J connectivity index is 1.92. The third-order valence-corrected chi connectivity index (χ3v) is 4.13. The summed E-state index contributed by atoms with van der Waals surface area (Å²) in [5, 5.41) is 14.2. The van der Waals surface area contributed by atoms with E-state index in [1.807, 2.05) is 50.2 Å². The van der Waals surface area contributed by atoms with Gasteiger partial charge in [0.1, 0.15) is 0 Å². The molecule has 2 aromatic carbocycles. The lowest BCUT2D eigenvalue weighted by Gasteiger charge is -2.18. The lowest BCUT2D eigenvalue weighted by Crippen LogP contribution is -2.38. The van der Waals surface area contributed by atoms with E-state index in [0.29, 0.717) is 5.69 Å². The number of carbonyl (C=O) groups excluding carboxylic acids is 2. The van der Waals surface area contributed by atoms with Gasteiger partial charge in [-0.05, 0) is 36.6 Å². The summed E-state index contributed by atoms with van der Waals surface area (Å²) in [5.74, 6) is -1.47. The van der Waals surface area contributed by atoms with Gasteiger partial charge in [0.15, 0.2) is 0 Å². The Kier molecular flexibility index (Phi) is 7.98. The summed E-state index contributed by atoms with van der Waals surface area (Å²) < 4.78 is 5.59. The van der Waals surface area contributed by atoms with Crippen molar-refractivity contribution in [2.45, 2.75) is 26.4 Å². The van der Waals surface area contributed by atoms with Crippen LogP contribution in [0, 0.1) is 6.92 Å². The van der Waals surface area contributed by atoms with Crippen molar-refractivity contribution in [3.05, 3.63) is 65.2 Å². The van der Waals surface area contributed by atoms with Gasteiger partial charge in [0.25, 0.3) is 0 Å². The van der Waals surface area contributed by atoms with Crippen LogP contribution in [-0.4, -0.2) is 36.7 Å². The molecule has 1 unspecified atom stereocenters. The molecule has 0 aliphatic heterocycles. The molecule has 2 rings (SSSR count). The molecule has 6 heteroatoms. The number of aliphatic hydroxyl groups excluding tert-OH is 1. The molecule has 6 nitrogen and oxygen atoms in total. The maximum Gasteiger partial charge on any atom is 0.313 e. The van der Waals surface area contributed by atoms with Gasteiger partial charge in [-0.1, -0.05) is 48.9 Å². The maximum absolute atomic E-state index is 12.1. The third-order valence-electron chi connectivity index (χ3n) is 4.13. The van der Waals surface area contributed by atoms with Gasteiger partial charge >= 0.3 is 11.8 Å². The fraction of sp³-hybridized carbons (Fsp3) is 0.333. The average molecular weight is 370 g/mol. The second kappa shape index (κ2) is 10.4. The molecule has 0 aromatic heterocycles. The zero-order valence-electron chi connectivity index (χ0n) is 15.7. The van der Waals surface area contributed by atoms with Gasteiger partial charge in [0.2, 0.25) is 0 Å². The highest BCUT2D eigenvalue weighted by Crippen LogP contribution is 2.17. The van der Waals surface area contributed by atoms with Crippen LogP contribution in [0.25, 0.3) is 0 Å². The van der Waals surface area contributed by atoms with Crippen LogP contribution in [0.2, 0.25) is 0 Å². The van der Waals surface area contributed by atoms with E-state index in [2.05, 4.69) is 10.6 Å². The monoisotopic (exact) mass is 370 g/mol. The molecule has 1 atom stereocenters. The molecule has 0 heterocycles. The largest absolute Gasteiger partial charge is 0.394 e. The smallest absolute Gasteiger partial charge is 0.313 e. The standard InChI is InChI=1S/C21H26N2O4/c1-3-16-6-10-18(11-7-16)23-21(26)20(25)22-14-19(27-13-12-24)17-8-4-15(2)5-9-17/h4-11,19,24H,3,12-14H2,1-2H3,(H,22,25)(H,23,26). The molecule has 0 radical (unpaired) electrons. The SMILES string of the molecule is CCc1ccc(NC(=O)C(=O)NCC(OCCO)c2ccc(C)cc2)cc1. The van der Waals surface area contributed by atoms with E-state index in [1.54, 1.807) is 12.1 Å². The molecule has 0 aliphatic rings. The van der Waals surface area contributed by atoms with Gasteiger partial charge in [-0.2, -0.15) is 0 Å². The molecule has 27 heavy (non-hydrogen) atoms. The van der Waals surface area contributed by atoms with Crippen molar-refractivity contribution in [3.8, 4) is 0 Å². The Labute approximate surface area is 159 Å². The van der Waals surface area contributed by atoms with E-state index in [4.69, 9.17) is 9.84 Å². The van der Waals surface area contributed by atoms with E-state index < -0.39 is 17.9 Å².